The molecule has 2 nitrogen and oxygen atoms in total. The van der Waals surface area contributed by atoms with E-state index >= 15 is 0 Å². The molecule has 64 valence electrons. The molecule has 0 saturated carbocycles. The van der Waals surface area contributed by atoms with Crippen LogP contribution in [0.15, 0.2) is 18.2 Å². The van der Waals surface area contributed by atoms with Crippen molar-refractivity contribution in [2.45, 2.75) is 12.5 Å². The highest BCUT2D eigenvalue weighted by molar-refractivity contribution is 6.31. The molecule has 1 aromatic rings. The average molecular weight is 184 g/mol. The van der Waals surface area contributed by atoms with Crippen LogP contribution in [0.3, 0.4) is 0 Å². The highest BCUT2D eigenvalue weighted by Gasteiger charge is 2.20. The zero-order valence-electron chi connectivity index (χ0n) is 6.59. The highest BCUT2D eigenvalue weighted by atomic mass is 35.5. The number of rotatable bonds is 0. The number of benzene rings is 1. The van der Waals surface area contributed by atoms with Gasteiger partial charge in [-0.2, -0.15) is 0 Å². The van der Waals surface area contributed by atoms with Gasteiger partial charge in [-0.3, -0.25) is 0 Å². The Hall–Kier alpha value is -0.730. The smallest absolute Gasteiger partial charge is 0.125 e. The molecule has 0 aliphatic carbocycles. The first kappa shape index (κ1) is 7.90. The molecule has 0 amide bonds. The Balaban J connectivity index is 2.53. The van der Waals surface area contributed by atoms with Gasteiger partial charge >= 0.3 is 0 Å². The van der Waals surface area contributed by atoms with Crippen LogP contribution in [0.4, 0.5) is 0 Å². The molecule has 1 heterocycles. The Morgan fingerprint density at radius 1 is 1.50 bits per heavy atom. The number of hydrogen-bond acceptors (Lipinski definition) is 2. The van der Waals surface area contributed by atoms with E-state index in [1.807, 2.05) is 18.2 Å². The molecule has 1 aromatic carbocycles. The van der Waals surface area contributed by atoms with Crippen LogP contribution in [0, 0.1) is 0 Å². The summed E-state index contributed by atoms with van der Waals surface area (Å²) >= 11 is 5.98. The minimum atomic E-state index is 0.0300. The first-order chi connectivity index (χ1) is 5.79. The maximum Gasteiger partial charge on any atom is 0.125 e. The molecular weight excluding hydrogens is 174 g/mol. The second kappa shape index (κ2) is 2.96. The SMILES string of the molecule is NC1CCOc2cccc(Cl)c21. The molecule has 1 aliphatic rings. The van der Waals surface area contributed by atoms with Crippen molar-refractivity contribution in [3.63, 3.8) is 0 Å². The Bertz CT molecular complexity index is 301. The highest BCUT2D eigenvalue weighted by Crippen LogP contribution is 2.35. The van der Waals surface area contributed by atoms with Gasteiger partial charge in [0.15, 0.2) is 0 Å². The van der Waals surface area contributed by atoms with Crippen LogP contribution in [0.2, 0.25) is 5.02 Å². The van der Waals surface area contributed by atoms with Crippen molar-refractivity contribution in [1.29, 1.82) is 0 Å². The van der Waals surface area contributed by atoms with Crippen molar-refractivity contribution in [2.24, 2.45) is 5.73 Å². The van der Waals surface area contributed by atoms with E-state index in [0.717, 1.165) is 17.7 Å². The fourth-order valence-corrected chi connectivity index (χ4v) is 1.75. The summed E-state index contributed by atoms with van der Waals surface area (Å²) in [4.78, 5) is 0. The van der Waals surface area contributed by atoms with Crippen LogP contribution in [-0.4, -0.2) is 6.61 Å². The Kier molecular flexibility index (Phi) is 1.95. The molecule has 1 unspecified atom stereocenters. The van der Waals surface area contributed by atoms with E-state index < -0.39 is 0 Å². The van der Waals surface area contributed by atoms with Crippen LogP contribution in [0.5, 0.6) is 5.75 Å². The minimum absolute atomic E-state index is 0.0300. The quantitative estimate of drug-likeness (QED) is 0.669. The molecule has 2 rings (SSSR count). The monoisotopic (exact) mass is 183 g/mol. The van der Waals surface area contributed by atoms with Gasteiger partial charge in [0.2, 0.25) is 0 Å². The molecule has 12 heavy (non-hydrogen) atoms. The predicted octanol–water partition coefficient (Wildman–Crippen LogP) is 2.12. The van der Waals surface area contributed by atoms with Gasteiger partial charge in [-0.1, -0.05) is 17.7 Å². The minimum Gasteiger partial charge on any atom is -0.493 e. The first-order valence-electron chi connectivity index (χ1n) is 3.96. The largest absolute Gasteiger partial charge is 0.493 e. The van der Waals surface area contributed by atoms with Crippen LogP contribution in [0.25, 0.3) is 0 Å². The zero-order valence-corrected chi connectivity index (χ0v) is 7.34. The summed E-state index contributed by atoms with van der Waals surface area (Å²) in [7, 11) is 0. The van der Waals surface area contributed by atoms with Crippen molar-refractivity contribution in [3.8, 4) is 5.75 Å². The van der Waals surface area contributed by atoms with Gasteiger partial charge in [0.1, 0.15) is 5.75 Å². The van der Waals surface area contributed by atoms with E-state index in [4.69, 9.17) is 22.1 Å². The number of fused-ring (bicyclic) bond motifs is 1. The number of halogens is 1. The van der Waals surface area contributed by atoms with Crippen molar-refractivity contribution < 1.29 is 4.74 Å². The van der Waals surface area contributed by atoms with Crippen molar-refractivity contribution in [1.82, 2.24) is 0 Å². The lowest BCUT2D eigenvalue weighted by Crippen LogP contribution is -2.20. The Morgan fingerprint density at radius 3 is 3.08 bits per heavy atom. The summed E-state index contributed by atoms with van der Waals surface area (Å²) in [6.07, 6.45) is 0.844. The van der Waals surface area contributed by atoms with E-state index in [9.17, 15) is 0 Å². The van der Waals surface area contributed by atoms with Gasteiger partial charge in [-0.05, 0) is 12.1 Å². The van der Waals surface area contributed by atoms with Crippen molar-refractivity contribution >= 4 is 11.6 Å². The fraction of sp³-hybridized carbons (Fsp3) is 0.333. The molecule has 3 heteroatoms. The van der Waals surface area contributed by atoms with E-state index in [0.29, 0.717) is 11.6 Å². The molecule has 0 saturated heterocycles. The van der Waals surface area contributed by atoms with Crippen molar-refractivity contribution in [3.05, 3.63) is 28.8 Å². The molecule has 0 radical (unpaired) electrons. The first-order valence-corrected chi connectivity index (χ1v) is 4.33. The standard InChI is InChI=1S/C9H10ClNO/c10-6-2-1-3-8-9(6)7(11)4-5-12-8/h1-3,7H,4-5,11H2. The van der Waals surface area contributed by atoms with Gasteiger partial charge in [0, 0.05) is 23.0 Å². The van der Waals surface area contributed by atoms with Gasteiger partial charge in [-0.15, -0.1) is 0 Å². The molecular formula is C9H10ClNO. The van der Waals surface area contributed by atoms with Crippen LogP contribution < -0.4 is 10.5 Å². The zero-order chi connectivity index (χ0) is 8.55. The van der Waals surface area contributed by atoms with Crippen LogP contribution >= 0.6 is 11.6 Å². The van der Waals surface area contributed by atoms with Gasteiger partial charge in [0.25, 0.3) is 0 Å². The molecule has 0 fully saturated rings. The lowest BCUT2D eigenvalue weighted by molar-refractivity contribution is 0.269. The van der Waals surface area contributed by atoms with Crippen LogP contribution in [0.1, 0.15) is 18.0 Å². The van der Waals surface area contributed by atoms with Gasteiger partial charge < -0.3 is 10.5 Å². The van der Waals surface area contributed by atoms with E-state index in [1.54, 1.807) is 0 Å². The molecule has 0 spiro atoms. The van der Waals surface area contributed by atoms with E-state index in [1.165, 1.54) is 0 Å². The summed E-state index contributed by atoms with van der Waals surface area (Å²) in [5.74, 6) is 0.834. The lowest BCUT2D eigenvalue weighted by Gasteiger charge is -2.23. The molecule has 1 aliphatic heterocycles. The molecule has 2 N–H and O–H groups in total. The fourth-order valence-electron chi connectivity index (χ4n) is 1.44. The number of ether oxygens (including phenoxy) is 1. The molecule has 0 bridgehead atoms. The van der Waals surface area contributed by atoms with Gasteiger partial charge in [-0.25, -0.2) is 0 Å². The average Bonchev–Trinajstić information content (AvgIpc) is 2.04. The summed E-state index contributed by atoms with van der Waals surface area (Å²) in [5, 5.41) is 0.708. The Labute approximate surface area is 76.3 Å². The third-order valence-corrected chi connectivity index (χ3v) is 2.40. The maximum atomic E-state index is 5.98. The summed E-state index contributed by atoms with van der Waals surface area (Å²) in [6.45, 7) is 0.689. The summed E-state index contributed by atoms with van der Waals surface area (Å²) in [5.41, 5.74) is 6.83. The third-order valence-electron chi connectivity index (χ3n) is 2.07. The lowest BCUT2D eigenvalue weighted by atomic mass is 10.0. The second-order valence-electron chi connectivity index (χ2n) is 2.90. The maximum absolute atomic E-state index is 5.98. The van der Waals surface area contributed by atoms with Crippen molar-refractivity contribution in [2.75, 3.05) is 6.61 Å². The third kappa shape index (κ3) is 1.17. The number of hydrogen-bond donors (Lipinski definition) is 1. The molecule has 1 atom stereocenters. The second-order valence-corrected chi connectivity index (χ2v) is 3.30. The summed E-state index contributed by atoms with van der Waals surface area (Å²) < 4.78 is 5.41. The molecule has 0 aromatic heterocycles. The Morgan fingerprint density at radius 2 is 2.33 bits per heavy atom. The van der Waals surface area contributed by atoms with Crippen LogP contribution in [-0.2, 0) is 0 Å². The topological polar surface area (TPSA) is 35.2 Å². The normalized spacial score (nSPS) is 21.3. The number of nitrogens with two attached hydrogens (primary N) is 1. The predicted molar refractivity (Wildman–Crippen MR) is 48.5 cm³/mol. The van der Waals surface area contributed by atoms with E-state index in [-0.39, 0.29) is 6.04 Å². The summed E-state index contributed by atoms with van der Waals surface area (Å²) in [6, 6.07) is 5.65. The van der Waals surface area contributed by atoms with Gasteiger partial charge in [0.05, 0.1) is 6.61 Å². The van der Waals surface area contributed by atoms with E-state index in [2.05, 4.69) is 0 Å².